The molecule has 2 heterocycles. The van der Waals surface area contributed by atoms with Crippen molar-refractivity contribution in [2.75, 3.05) is 19.7 Å². The molecule has 1 aromatic heterocycles. The van der Waals surface area contributed by atoms with Crippen LogP contribution in [0.15, 0.2) is 30.5 Å². The van der Waals surface area contributed by atoms with Gasteiger partial charge in [0.25, 0.3) is 0 Å². The number of fused-ring (bicyclic) bond motifs is 1. The number of carbonyl (C=O) groups is 2. The predicted octanol–water partition coefficient (Wildman–Crippen LogP) is 3.01. The fourth-order valence-corrected chi connectivity index (χ4v) is 3.48. The first-order chi connectivity index (χ1) is 11.6. The van der Waals surface area contributed by atoms with Crippen molar-refractivity contribution in [3.8, 4) is 0 Å². The Kier molecular flexibility index (Phi) is 5.00. The van der Waals surface area contributed by atoms with Crippen molar-refractivity contribution < 1.29 is 14.3 Å². The molecule has 1 fully saturated rings. The van der Waals surface area contributed by atoms with Crippen molar-refractivity contribution in [1.29, 1.82) is 0 Å². The van der Waals surface area contributed by atoms with Crippen molar-refractivity contribution in [3.63, 3.8) is 0 Å². The van der Waals surface area contributed by atoms with Crippen molar-refractivity contribution in [2.24, 2.45) is 5.92 Å². The Morgan fingerprint density at radius 1 is 1.38 bits per heavy atom. The molecule has 128 valence electrons. The third-order valence-electron chi connectivity index (χ3n) is 4.85. The lowest BCUT2D eigenvalue weighted by atomic mass is 9.95. The number of ether oxygens (including phenoxy) is 1. The number of rotatable bonds is 5. The van der Waals surface area contributed by atoms with Gasteiger partial charge >= 0.3 is 5.97 Å². The van der Waals surface area contributed by atoms with E-state index in [4.69, 9.17) is 4.74 Å². The predicted molar refractivity (Wildman–Crippen MR) is 93.0 cm³/mol. The highest BCUT2D eigenvalue weighted by Gasteiger charge is 2.32. The number of aromatic amines is 1. The van der Waals surface area contributed by atoms with Crippen LogP contribution in [0.1, 0.15) is 37.0 Å². The molecule has 5 nitrogen and oxygen atoms in total. The Bertz CT molecular complexity index is 737. The van der Waals surface area contributed by atoms with E-state index in [1.54, 1.807) is 6.20 Å². The molecule has 5 heteroatoms. The summed E-state index contributed by atoms with van der Waals surface area (Å²) < 4.78 is 5.14. The molecule has 1 aliphatic rings. The van der Waals surface area contributed by atoms with Gasteiger partial charge in [-0.3, -0.25) is 14.5 Å². The largest absolute Gasteiger partial charge is 0.466 e. The number of hydrogen-bond acceptors (Lipinski definition) is 4. The number of ketones is 1. The maximum atomic E-state index is 12.9. The first-order valence-corrected chi connectivity index (χ1v) is 8.62. The molecule has 1 N–H and O–H groups in total. The molecule has 0 unspecified atom stereocenters. The number of H-pyrrole nitrogens is 1. The molecule has 0 saturated carbocycles. The maximum absolute atomic E-state index is 12.9. The van der Waals surface area contributed by atoms with Gasteiger partial charge in [0.05, 0.1) is 18.6 Å². The highest BCUT2D eigenvalue weighted by molar-refractivity contribution is 6.10. The molecule has 0 spiro atoms. The number of aromatic nitrogens is 1. The zero-order valence-electron chi connectivity index (χ0n) is 14.2. The topological polar surface area (TPSA) is 62.4 Å². The van der Waals surface area contributed by atoms with Gasteiger partial charge in [-0.05, 0) is 39.3 Å². The summed E-state index contributed by atoms with van der Waals surface area (Å²) in [4.78, 5) is 30.2. The molecular formula is C19H24N2O3. The second kappa shape index (κ2) is 7.18. The molecule has 24 heavy (non-hydrogen) atoms. The molecule has 0 amide bonds. The van der Waals surface area contributed by atoms with Gasteiger partial charge in [-0.15, -0.1) is 0 Å². The van der Waals surface area contributed by atoms with Crippen LogP contribution in [-0.2, 0) is 9.53 Å². The Morgan fingerprint density at radius 3 is 2.96 bits per heavy atom. The van der Waals surface area contributed by atoms with Gasteiger partial charge in [0.15, 0.2) is 5.78 Å². The van der Waals surface area contributed by atoms with Crippen LogP contribution in [0.5, 0.6) is 0 Å². The van der Waals surface area contributed by atoms with E-state index < -0.39 is 0 Å². The quantitative estimate of drug-likeness (QED) is 0.677. The minimum atomic E-state index is -0.249. The summed E-state index contributed by atoms with van der Waals surface area (Å²) in [6.45, 7) is 5.58. The summed E-state index contributed by atoms with van der Waals surface area (Å²) >= 11 is 0. The summed E-state index contributed by atoms with van der Waals surface area (Å²) in [5.41, 5.74) is 1.69. The van der Waals surface area contributed by atoms with Crippen LogP contribution in [0, 0.1) is 5.92 Å². The maximum Gasteiger partial charge on any atom is 0.310 e. The van der Waals surface area contributed by atoms with E-state index in [0.717, 1.165) is 35.9 Å². The van der Waals surface area contributed by atoms with E-state index in [1.807, 2.05) is 38.1 Å². The van der Waals surface area contributed by atoms with Gasteiger partial charge in [0.2, 0.25) is 0 Å². The molecule has 2 atom stereocenters. The fraction of sp³-hybridized carbons (Fsp3) is 0.474. The zero-order valence-corrected chi connectivity index (χ0v) is 14.2. The molecule has 1 aromatic carbocycles. The number of Topliss-reactive ketones (excluding diaryl/α,β-unsaturated/α-hetero) is 1. The Hall–Kier alpha value is -2.14. The second-order valence-corrected chi connectivity index (χ2v) is 6.37. The second-order valence-electron chi connectivity index (χ2n) is 6.37. The highest BCUT2D eigenvalue weighted by Crippen LogP contribution is 2.24. The standard InChI is InChI=1S/C19H24N2O3/c1-3-24-19(23)14-7-6-10-21(12-14)13(2)18(22)16-11-20-17-9-5-4-8-15(16)17/h4-5,8-9,11,13-14,20H,3,6-7,10,12H2,1-2H3/t13-,14-/m0/s1. The lowest BCUT2D eigenvalue weighted by Crippen LogP contribution is -2.47. The SMILES string of the molecule is CCOC(=O)[C@H]1CCCN([C@@H](C)C(=O)c2c[nH]c3ccccc23)C1. The van der Waals surface area contributed by atoms with E-state index in [-0.39, 0.29) is 23.7 Å². The normalized spacial score (nSPS) is 20.0. The summed E-state index contributed by atoms with van der Waals surface area (Å²) in [5.74, 6) is -0.178. The van der Waals surface area contributed by atoms with Crippen LogP contribution in [0.2, 0.25) is 0 Å². The zero-order chi connectivity index (χ0) is 17.1. The Labute approximate surface area is 142 Å². The van der Waals surface area contributed by atoms with E-state index in [0.29, 0.717) is 13.2 Å². The molecule has 2 aromatic rings. The number of nitrogens with zero attached hydrogens (tertiary/aromatic N) is 1. The van der Waals surface area contributed by atoms with Crippen LogP contribution in [-0.4, -0.2) is 47.4 Å². The van der Waals surface area contributed by atoms with Gasteiger partial charge in [0, 0.05) is 29.2 Å². The van der Waals surface area contributed by atoms with Crippen LogP contribution in [0.25, 0.3) is 10.9 Å². The van der Waals surface area contributed by atoms with E-state index >= 15 is 0 Å². The number of likely N-dealkylation sites (tertiary alicyclic amines) is 1. The van der Waals surface area contributed by atoms with Gasteiger partial charge in [-0.25, -0.2) is 0 Å². The van der Waals surface area contributed by atoms with Gasteiger partial charge in [-0.2, -0.15) is 0 Å². The summed E-state index contributed by atoms with van der Waals surface area (Å²) in [7, 11) is 0. The summed E-state index contributed by atoms with van der Waals surface area (Å²) in [6, 6.07) is 7.57. The van der Waals surface area contributed by atoms with Crippen LogP contribution in [0.4, 0.5) is 0 Å². The third kappa shape index (κ3) is 3.22. The van der Waals surface area contributed by atoms with E-state index in [1.165, 1.54) is 0 Å². The number of esters is 1. The van der Waals surface area contributed by atoms with Gasteiger partial charge in [0.1, 0.15) is 0 Å². The Balaban J connectivity index is 1.74. The molecule has 3 rings (SSSR count). The summed E-state index contributed by atoms with van der Waals surface area (Å²) in [5, 5.41) is 0.952. The minimum Gasteiger partial charge on any atom is -0.466 e. The Morgan fingerprint density at radius 2 is 2.17 bits per heavy atom. The molecule has 0 bridgehead atoms. The molecule has 0 aliphatic carbocycles. The van der Waals surface area contributed by atoms with Gasteiger partial charge < -0.3 is 9.72 Å². The van der Waals surface area contributed by atoms with Crippen molar-refractivity contribution in [3.05, 3.63) is 36.0 Å². The number of benzene rings is 1. The van der Waals surface area contributed by atoms with Crippen molar-refractivity contribution >= 4 is 22.7 Å². The first kappa shape index (κ1) is 16.7. The lowest BCUT2D eigenvalue weighted by Gasteiger charge is -2.35. The third-order valence-corrected chi connectivity index (χ3v) is 4.85. The van der Waals surface area contributed by atoms with Crippen molar-refractivity contribution in [2.45, 2.75) is 32.7 Å². The molecule has 1 aliphatic heterocycles. The van der Waals surface area contributed by atoms with E-state index in [2.05, 4.69) is 9.88 Å². The van der Waals surface area contributed by atoms with E-state index in [9.17, 15) is 9.59 Å². The number of para-hydroxylation sites is 1. The van der Waals surface area contributed by atoms with Crippen LogP contribution in [0.3, 0.4) is 0 Å². The number of carbonyl (C=O) groups excluding carboxylic acids is 2. The van der Waals surface area contributed by atoms with Crippen molar-refractivity contribution in [1.82, 2.24) is 9.88 Å². The smallest absolute Gasteiger partial charge is 0.310 e. The fourth-order valence-electron chi connectivity index (χ4n) is 3.48. The molecule has 0 radical (unpaired) electrons. The number of piperidine rings is 1. The average molecular weight is 328 g/mol. The number of nitrogens with one attached hydrogen (secondary N) is 1. The van der Waals surface area contributed by atoms with Gasteiger partial charge in [-0.1, -0.05) is 18.2 Å². The first-order valence-electron chi connectivity index (χ1n) is 8.62. The lowest BCUT2D eigenvalue weighted by molar-refractivity contribution is -0.150. The van der Waals surface area contributed by atoms with Crippen LogP contribution < -0.4 is 0 Å². The van der Waals surface area contributed by atoms with Crippen LogP contribution >= 0.6 is 0 Å². The summed E-state index contributed by atoms with van der Waals surface area (Å²) in [6.07, 6.45) is 3.54. The monoisotopic (exact) mass is 328 g/mol. The number of hydrogen-bond donors (Lipinski definition) is 1. The highest BCUT2D eigenvalue weighted by atomic mass is 16.5. The minimum absolute atomic E-state index is 0.0944. The molecule has 1 saturated heterocycles. The molecular weight excluding hydrogens is 304 g/mol. The average Bonchev–Trinajstić information content (AvgIpc) is 3.05.